The van der Waals surface area contributed by atoms with Crippen LogP contribution < -0.4 is 5.32 Å². The predicted molar refractivity (Wildman–Crippen MR) is 79.6 cm³/mol. The summed E-state index contributed by atoms with van der Waals surface area (Å²) in [5, 5.41) is 6.68. The molecule has 1 aromatic heterocycles. The third-order valence-electron chi connectivity index (χ3n) is 2.97. The van der Waals surface area contributed by atoms with E-state index >= 15 is 0 Å². The number of hydrogen-bond donors (Lipinski definition) is 1. The smallest absolute Gasteiger partial charge is 0.338 e. The number of ether oxygens (including phenoxy) is 1. The first kappa shape index (κ1) is 15.7. The largest absolute Gasteiger partial charge is 0.452 e. The van der Waals surface area contributed by atoms with Crippen LogP contribution in [0.2, 0.25) is 0 Å². The average Bonchev–Trinajstić information content (AvgIpc) is 3.07. The maximum atomic E-state index is 11.8. The molecule has 0 aliphatic carbocycles. The van der Waals surface area contributed by atoms with Crippen LogP contribution in [0.1, 0.15) is 30.1 Å². The van der Waals surface area contributed by atoms with E-state index in [1.54, 1.807) is 35.3 Å². The Labute approximate surface area is 128 Å². The quantitative estimate of drug-likeness (QED) is 0.616. The van der Waals surface area contributed by atoms with E-state index in [2.05, 4.69) is 15.4 Å². The van der Waals surface area contributed by atoms with E-state index in [1.165, 1.54) is 6.33 Å². The lowest BCUT2D eigenvalue weighted by atomic mass is 10.2. The van der Waals surface area contributed by atoms with Crippen LogP contribution in [0, 0.1) is 0 Å². The Morgan fingerprint density at radius 3 is 2.68 bits per heavy atom. The number of carbonyl (C=O) groups is 2. The van der Waals surface area contributed by atoms with Gasteiger partial charge in [0.15, 0.2) is 6.61 Å². The summed E-state index contributed by atoms with van der Waals surface area (Å²) in [6.07, 6.45) is 4.90. The van der Waals surface area contributed by atoms with Gasteiger partial charge < -0.3 is 10.1 Å². The van der Waals surface area contributed by atoms with Crippen LogP contribution in [0.15, 0.2) is 36.9 Å². The van der Waals surface area contributed by atoms with Crippen molar-refractivity contribution in [2.75, 3.05) is 13.2 Å². The van der Waals surface area contributed by atoms with E-state index in [0.29, 0.717) is 12.1 Å². The summed E-state index contributed by atoms with van der Waals surface area (Å²) < 4.78 is 6.55. The predicted octanol–water partition coefficient (Wildman–Crippen LogP) is 1.34. The fraction of sp³-hybridized carbons (Fsp3) is 0.333. The van der Waals surface area contributed by atoms with Gasteiger partial charge in [-0.15, -0.1) is 0 Å². The van der Waals surface area contributed by atoms with Gasteiger partial charge in [0.25, 0.3) is 5.91 Å². The zero-order valence-corrected chi connectivity index (χ0v) is 12.4. The van der Waals surface area contributed by atoms with E-state index in [1.807, 2.05) is 6.92 Å². The molecule has 22 heavy (non-hydrogen) atoms. The molecule has 7 heteroatoms. The van der Waals surface area contributed by atoms with E-state index in [4.69, 9.17) is 4.74 Å². The molecule has 2 aromatic rings. The van der Waals surface area contributed by atoms with Gasteiger partial charge in [0.2, 0.25) is 0 Å². The summed E-state index contributed by atoms with van der Waals surface area (Å²) in [6.45, 7) is 2.36. The minimum atomic E-state index is -0.532. The molecule has 0 spiro atoms. The van der Waals surface area contributed by atoms with Crippen LogP contribution >= 0.6 is 0 Å². The molecule has 0 unspecified atom stereocenters. The molecule has 1 N–H and O–H groups in total. The highest BCUT2D eigenvalue weighted by Gasteiger charge is 2.10. The van der Waals surface area contributed by atoms with Gasteiger partial charge in [-0.3, -0.25) is 4.79 Å². The number of hydrogen-bond acceptors (Lipinski definition) is 5. The lowest BCUT2D eigenvalue weighted by Gasteiger charge is -2.06. The number of nitrogens with one attached hydrogen (secondary N) is 1. The Morgan fingerprint density at radius 1 is 1.27 bits per heavy atom. The first-order valence-corrected chi connectivity index (χ1v) is 7.09. The third kappa shape index (κ3) is 4.41. The van der Waals surface area contributed by atoms with Gasteiger partial charge >= 0.3 is 5.97 Å². The Balaban J connectivity index is 1.84. The fourth-order valence-corrected chi connectivity index (χ4v) is 1.76. The van der Waals surface area contributed by atoms with Gasteiger partial charge in [0.1, 0.15) is 12.7 Å². The van der Waals surface area contributed by atoms with Crippen molar-refractivity contribution in [2.45, 2.75) is 19.8 Å². The van der Waals surface area contributed by atoms with E-state index in [-0.39, 0.29) is 12.5 Å². The molecule has 0 aliphatic rings. The van der Waals surface area contributed by atoms with Gasteiger partial charge in [-0.2, -0.15) is 5.10 Å². The first-order valence-electron chi connectivity index (χ1n) is 7.09. The van der Waals surface area contributed by atoms with Crippen molar-refractivity contribution in [3.8, 4) is 5.69 Å². The minimum absolute atomic E-state index is 0.270. The van der Waals surface area contributed by atoms with Crippen molar-refractivity contribution < 1.29 is 14.3 Å². The topological polar surface area (TPSA) is 86.1 Å². The van der Waals surface area contributed by atoms with Crippen molar-refractivity contribution in [3.05, 3.63) is 42.5 Å². The highest BCUT2D eigenvalue weighted by molar-refractivity contribution is 5.91. The number of esters is 1. The van der Waals surface area contributed by atoms with Gasteiger partial charge in [-0.1, -0.05) is 13.3 Å². The van der Waals surface area contributed by atoms with Crippen molar-refractivity contribution in [1.82, 2.24) is 20.1 Å². The molecule has 7 nitrogen and oxygen atoms in total. The monoisotopic (exact) mass is 302 g/mol. The third-order valence-corrected chi connectivity index (χ3v) is 2.97. The number of aromatic nitrogens is 3. The number of carbonyl (C=O) groups excluding carboxylic acids is 2. The summed E-state index contributed by atoms with van der Waals surface area (Å²) in [6, 6.07) is 6.70. The summed E-state index contributed by atoms with van der Waals surface area (Å²) in [7, 11) is 0. The number of nitrogens with zero attached hydrogens (tertiary/aromatic N) is 3. The Kier molecular flexibility index (Phi) is 5.65. The van der Waals surface area contributed by atoms with Crippen LogP contribution in [0.4, 0.5) is 0 Å². The summed E-state index contributed by atoms with van der Waals surface area (Å²) in [4.78, 5) is 27.1. The van der Waals surface area contributed by atoms with Gasteiger partial charge in [0.05, 0.1) is 11.3 Å². The highest BCUT2D eigenvalue weighted by Crippen LogP contribution is 2.09. The Morgan fingerprint density at radius 2 is 2.05 bits per heavy atom. The molecule has 0 bridgehead atoms. The molecule has 2 rings (SSSR count). The fourth-order valence-electron chi connectivity index (χ4n) is 1.76. The normalized spacial score (nSPS) is 10.2. The summed E-state index contributed by atoms with van der Waals surface area (Å²) >= 11 is 0. The second kappa shape index (κ2) is 7.92. The van der Waals surface area contributed by atoms with Gasteiger partial charge in [-0.05, 0) is 30.7 Å². The standard InChI is InChI=1S/C15H18N4O3/c1-2-3-8-17-14(20)9-22-15(21)12-4-6-13(7-5-12)19-11-16-10-18-19/h4-7,10-11H,2-3,8-9H2,1H3,(H,17,20). The van der Waals surface area contributed by atoms with Gasteiger partial charge in [-0.25, -0.2) is 14.5 Å². The summed E-state index contributed by atoms with van der Waals surface area (Å²) in [5.41, 5.74) is 1.16. The van der Waals surface area contributed by atoms with Crippen LogP contribution in [0.25, 0.3) is 5.69 Å². The average molecular weight is 302 g/mol. The van der Waals surface area contributed by atoms with E-state index in [0.717, 1.165) is 18.5 Å². The molecule has 0 radical (unpaired) electrons. The Bertz CT molecular complexity index is 608. The van der Waals surface area contributed by atoms with Gasteiger partial charge in [0, 0.05) is 6.54 Å². The Hall–Kier alpha value is -2.70. The number of unbranched alkanes of at least 4 members (excludes halogenated alkanes) is 1. The molecule has 1 heterocycles. The van der Waals surface area contributed by atoms with Crippen LogP contribution in [0.5, 0.6) is 0 Å². The van der Waals surface area contributed by atoms with Crippen LogP contribution in [-0.4, -0.2) is 39.8 Å². The van der Waals surface area contributed by atoms with Crippen molar-refractivity contribution >= 4 is 11.9 Å². The SMILES string of the molecule is CCCCNC(=O)COC(=O)c1ccc(-n2cncn2)cc1. The minimum Gasteiger partial charge on any atom is -0.452 e. The molecular formula is C15H18N4O3. The zero-order chi connectivity index (χ0) is 15.8. The highest BCUT2D eigenvalue weighted by atomic mass is 16.5. The lowest BCUT2D eigenvalue weighted by Crippen LogP contribution is -2.29. The molecule has 0 atom stereocenters. The van der Waals surface area contributed by atoms with Crippen molar-refractivity contribution in [1.29, 1.82) is 0 Å². The molecule has 0 saturated carbocycles. The molecule has 116 valence electrons. The summed E-state index contributed by atoms with van der Waals surface area (Å²) in [5.74, 6) is -0.822. The first-order chi connectivity index (χ1) is 10.7. The number of amides is 1. The van der Waals surface area contributed by atoms with Crippen molar-refractivity contribution in [2.24, 2.45) is 0 Å². The molecule has 1 amide bonds. The molecule has 0 fully saturated rings. The maximum absolute atomic E-state index is 11.8. The van der Waals surface area contributed by atoms with E-state index in [9.17, 15) is 9.59 Å². The maximum Gasteiger partial charge on any atom is 0.338 e. The number of benzene rings is 1. The second-order valence-corrected chi connectivity index (χ2v) is 4.67. The van der Waals surface area contributed by atoms with E-state index < -0.39 is 5.97 Å². The molecule has 0 aliphatic heterocycles. The number of rotatable bonds is 7. The van der Waals surface area contributed by atoms with Crippen molar-refractivity contribution in [3.63, 3.8) is 0 Å². The second-order valence-electron chi connectivity index (χ2n) is 4.67. The molecular weight excluding hydrogens is 284 g/mol. The molecule has 1 aromatic carbocycles. The lowest BCUT2D eigenvalue weighted by molar-refractivity contribution is -0.124. The molecule has 0 saturated heterocycles. The van der Waals surface area contributed by atoms with Crippen LogP contribution in [-0.2, 0) is 9.53 Å². The zero-order valence-electron chi connectivity index (χ0n) is 12.4. The van der Waals surface area contributed by atoms with Crippen LogP contribution in [0.3, 0.4) is 0 Å².